The van der Waals surface area contributed by atoms with Crippen LogP contribution in [-0.2, 0) is 14.3 Å². The van der Waals surface area contributed by atoms with Gasteiger partial charge in [-0.05, 0) is 18.2 Å². The molecule has 2 amide bonds. The first kappa shape index (κ1) is 20.0. The zero-order chi connectivity index (χ0) is 18.2. The molecule has 0 spiro atoms. The lowest BCUT2D eigenvalue weighted by atomic mass is 10.3. The molecule has 0 saturated carbocycles. The Morgan fingerprint density at radius 1 is 1.16 bits per heavy atom. The van der Waals surface area contributed by atoms with Gasteiger partial charge in [-0.25, -0.2) is 0 Å². The molecule has 0 radical (unpaired) electrons. The van der Waals surface area contributed by atoms with Gasteiger partial charge in [0.2, 0.25) is 11.8 Å². The number of nitrogens with one attached hydrogen (secondary N) is 1. The summed E-state index contributed by atoms with van der Waals surface area (Å²) in [6, 6.07) is 4.86. The van der Waals surface area contributed by atoms with Gasteiger partial charge >= 0.3 is 0 Å². The van der Waals surface area contributed by atoms with Crippen molar-refractivity contribution in [2.75, 3.05) is 51.3 Å². The van der Waals surface area contributed by atoms with E-state index in [4.69, 9.17) is 27.9 Å². The Labute approximate surface area is 158 Å². The number of hydrogen-bond donors (Lipinski definition) is 1. The van der Waals surface area contributed by atoms with Crippen molar-refractivity contribution in [2.45, 2.75) is 13.3 Å². The van der Waals surface area contributed by atoms with E-state index in [0.717, 1.165) is 32.8 Å². The normalized spacial score (nSPS) is 15.0. The molecule has 1 saturated heterocycles. The third-order valence-corrected chi connectivity index (χ3v) is 4.43. The topological polar surface area (TPSA) is 61.9 Å². The van der Waals surface area contributed by atoms with E-state index in [1.807, 2.05) is 0 Å². The summed E-state index contributed by atoms with van der Waals surface area (Å²) < 4.78 is 5.31. The number of hydrogen-bond acceptors (Lipinski definition) is 4. The summed E-state index contributed by atoms with van der Waals surface area (Å²) in [6.07, 6.45) is 0.215. The number of carbonyl (C=O) groups is 2. The Bertz CT molecular complexity index is 587. The summed E-state index contributed by atoms with van der Waals surface area (Å²) >= 11 is 11.8. The quantitative estimate of drug-likeness (QED) is 0.780. The van der Waals surface area contributed by atoms with Crippen LogP contribution in [-0.4, -0.2) is 67.6 Å². The average Bonchev–Trinajstić information content (AvgIpc) is 2.54. The third kappa shape index (κ3) is 7.20. The van der Waals surface area contributed by atoms with E-state index in [2.05, 4.69) is 10.2 Å². The molecule has 25 heavy (non-hydrogen) atoms. The summed E-state index contributed by atoms with van der Waals surface area (Å²) in [5, 5.41) is 3.66. The number of anilines is 1. The van der Waals surface area contributed by atoms with E-state index >= 15 is 0 Å². The summed E-state index contributed by atoms with van der Waals surface area (Å²) in [6.45, 7) is 6.49. The highest BCUT2D eigenvalue weighted by Gasteiger charge is 2.15. The lowest BCUT2D eigenvalue weighted by Gasteiger charge is -2.29. The second-order valence-corrected chi connectivity index (χ2v) is 6.79. The Hall–Kier alpha value is -1.34. The standard InChI is InChI=1S/C17H23Cl2N3O3/c1-13(23)22(5-4-21-6-8-25-9-7-21)3-2-17(24)20-16-11-14(18)10-15(19)12-16/h10-12H,2-9H2,1H3,(H,20,24). The molecule has 1 aromatic rings. The minimum atomic E-state index is -0.184. The summed E-state index contributed by atoms with van der Waals surface area (Å²) in [5.41, 5.74) is 0.546. The molecule has 0 atom stereocenters. The Morgan fingerprint density at radius 3 is 2.40 bits per heavy atom. The van der Waals surface area contributed by atoms with Gasteiger partial charge in [-0.3, -0.25) is 14.5 Å². The van der Waals surface area contributed by atoms with E-state index in [0.29, 0.717) is 28.8 Å². The summed E-state index contributed by atoms with van der Waals surface area (Å²) in [5.74, 6) is -0.220. The van der Waals surface area contributed by atoms with Crippen molar-refractivity contribution in [3.63, 3.8) is 0 Å². The lowest BCUT2D eigenvalue weighted by Crippen LogP contribution is -2.43. The van der Waals surface area contributed by atoms with Crippen LogP contribution in [0.2, 0.25) is 10.0 Å². The molecule has 6 nitrogen and oxygen atoms in total. The highest BCUT2D eigenvalue weighted by molar-refractivity contribution is 6.35. The molecule has 0 aliphatic carbocycles. The van der Waals surface area contributed by atoms with Crippen LogP contribution in [0.3, 0.4) is 0 Å². The van der Waals surface area contributed by atoms with Crippen LogP contribution in [0.4, 0.5) is 5.69 Å². The maximum atomic E-state index is 12.1. The lowest BCUT2D eigenvalue weighted by molar-refractivity contribution is -0.129. The maximum Gasteiger partial charge on any atom is 0.226 e. The van der Waals surface area contributed by atoms with Crippen LogP contribution in [0, 0.1) is 0 Å². The first-order valence-corrected chi connectivity index (χ1v) is 9.01. The molecule has 0 aromatic heterocycles. The van der Waals surface area contributed by atoms with E-state index in [-0.39, 0.29) is 18.2 Å². The van der Waals surface area contributed by atoms with Gasteiger partial charge in [0.25, 0.3) is 0 Å². The number of ether oxygens (including phenoxy) is 1. The van der Waals surface area contributed by atoms with Crippen LogP contribution in [0.1, 0.15) is 13.3 Å². The summed E-state index contributed by atoms with van der Waals surface area (Å²) in [4.78, 5) is 27.9. The van der Waals surface area contributed by atoms with Crippen LogP contribution in [0.15, 0.2) is 18.2 Å². The number of nitrogens with zero attached hydrogens (tertiary/aromatic N) is 2. The average molecular weight is 388 g/mol. The second kappa shape index (κ2) is 9.97. The molecular weight excluding hydrogens is 365 g/mol. The number of amides is 2. The monoisotopic (exact) mass is 387 g/mol. The number of rotatable bonds is 7. The van der Waals surface area contributed by atoms with Gasteiger partial charge in [-0.1, -0.05) is 23.2 Å². The fourth-order valence-corrected chi connectivity index (χ4v) is 3.13. The molecule has 1 aliphatic rings. The minimum Gasteiger partial charge on any atom is -0.379 e. The fourth-order valence-electron chi connectivity index (χ4n) is 2.60. The molecule has 8 heteroatoms. The van der Waals surface area contributed by atoms with Gasteiger partial charge in [-0.2, -0.15) is 0 Å². The number of carbonyl (C=O) groups excluding carboxylic acids is 2. The van der Waals surface area contributed by atoms with Crippen molar-refractivity contribution in [1.82, 2.24) is 9.80 Å². The first-order chi connectivity index (χ1) is 11.9. The van der Waals surface area contributed by atoms with Crippen LogP contribution in [0.25, 0.3) is 0 Å². The Morgan fingerprint density at radius 2 is 1.80 bits per heavy atom. The van der Waals surface area contributed by atoms with E-state index in [1.54, 1.807) is 23.1 Å². The largest absolute Gasteiger partial charge is 0.379 e. The Kier molecular flexibility index (Phi) is 7.96. The second-order valence-electron chi connectivity index (χ2n) is 5.92. The zero-order valence-electron chi connectivity index (χ0n) is 14.3. The van der Waals surface area contributed by atoms with Gasteiger partial charge < -0.3 is 15.0 Å². The predicted octanol–water partition coefficient (Wildman–Crippen LogP) is 2.50. The van der Waals surface area contributed by atoms with Crippen molar-refractivity contribution < 1.29 is 14.3 Å². The number of morpholine rings is 1. The molecule has 0 bridgehead atoms. The SMILES string of the molecule is CC(=O)N(CCC(=O)Nc1cc(Cl)cc(Cl)c1)CCN1CCOCC1. The third-order valence-electron chi connectivity index (χ3n) is 3.99. The summed E-state index contributed by atoms with van der Waals surface area (Å²) in [7, 11) is 0. The van der Waals surface area contributed by atoms with Gasteiger partial charge in [0, 0.05) is 61.8 Å². The fraction of sp³-hybridized carbons (Fsp3) is 0.529. The highest BCUT2D eigenvalue weighted by atomic mass is 35.5. The van der Waals surface area contributed by atoms with Gasteiger partial charge in [0.15, 0.2) is 0 Å². The Balaban J connectivity index is 1.79. The van der Waals surface area contributed by atoms with Crippen LogP contribution < -0.4 is 5.32 Å². The highest BCUT2D eigenvalue weighted by Crippen LogP contribution is 2.22. The molecular formula is C17H23Cl2N3O3. The van der Waals surface area contributed by atoms with Crippen LogP contribution >= 0.6 is 23.2 Å². The van der Waals surface area contributed by atoms with Crippen molar-refractivity contribution in [3.05, 3.63) is 28.2 Å². The minimum absolute atomic E-state index is 0.0353. The van der Waals surface area contributed by atoms with E-state index in [9.17, 15) is 9.59 Å². The molecule has 1 fully saturated rings. The van der Waals surface area contributed by atoms with Crippen molar-refractivity contribution in [1.29, 1.82) is 0 Å². The molecule has 1 heterocycles. The van der Waals surface area contributed by atoms with Crippen molar-refractivity contribution in [3.8, 4) is 0 Å². The molecule has 138 valence electrons. The predicted molar refractivity (Wildman–Crippen MR) is 99.2 cm³/mol. The van der Waals surface area contributed by atoms with Crippen LogP contribution in [0.5, 0.6) is 0 Å². The molecule has 1 N–H and O–H groups in total. The molecule has 1 aromatic carbocycles. The first-order valence-electron chi connectivity index (χ1n) is 8.25. The smallest absolute Gasteiger partial charge is 0.226 e. The van der Waals surface area contributed by atoms with Crippen molar-refractivity contribution in [2.24, 2.45) is 0 Å². The van der Waals surface area contributed by atoms with Crippen molar-refractivity contribution >= 4 is 40.7 Å². The number of halogens is 2. The van der Waals surface area contributed by atoms with E-state index < -0.39 is 0 Å². The van der Waals surface area contributed by atoms with Gasteiger partial charge in [0.1, 0.15) is 0 Å². The molecule has 1 aliphatic heterocycles. The van der Waals surface area contributed by atoms with Gasteiger partial charge in [-0.15, -0.1) is 0 Å². The number of benzene rings is 1. The zero-order valence-corrected chi connectivity index (χ0v) is 15.8. The maximum absolute atomic E-state index is 12.1. The van der Waals surface area contributed by atoms with E-state index in [1.165, 1.54) is 6.92 Å². The van der Waals surface area contributed by atoms with Gasteiger partial charge in [0.05, 0.1) is 13.2 Å². The molecule has 0 unspecified atom stereocenters. The molecule has 2 rings (SSSR count).